The van der Waals surface area contributed by atoms with Crippen LogP contribution in [0.25, 0.3) is 0 Å². The van der Waals surface area contributed by atoms with Crippen LogP contribution in [0.4, 0.5) is 5.82 Å². The summed E-state index contributed by atoms with van der Waals surface area (Å²) in [6, 6.07) is 0. The molecule has 0 bridgehead atoms. The van der Waals surface area contributed by atoms with Crippen LogP contribution in [-0.4, -0.2) is 42.6 Å². The molecule has 0 radical (unpaired) electrons. The van der Waals surface area contributed by atoms with Crippen molar-refractivity contribution in [3.63, 3.8) is 0 Å². The maximum Gasteiger partial charge on any atom is 0.132 e. The molecule has 1 aliphatic carbocycles. The first-order valence-corrected chi connectivity index (χ1v) is 6.92. The van der Waals surface area contributed by atoms with Crippen LogP contribution in [-0.2, 0) is 19.3 Å². The maximum absolute atomic E-state index is 4.78. The summed E-state index contributed by atoms with van der Waals surface area (Å²) in [4.78, 5) is 11.6. The second-order valence-electron chi connectivity index (χ2n) is 5.28. The summed E-state index contributed by atoms with van der Waals surface area (Å²) < 4.78 is 0. The van der Waals surface area contributed by atoms with Gasteiger partial charge >= 0.3 is 0 Å². The Kier molecular flexibility index (Phi) is 4.53. The predicted molar refractivity (Wildman–Crippen MR) is 75.1 cm³/mol. The normalized spacial score (nSPS) is 15.3. The van der Waals surface area contributed by atoms with Gasteiger partial charge in [0.1, 0.15) is 11.6 Å². The van der Waals surface area contributed by atoms with Crippen molar-refractivity contribution in [2.45, 2.75) is 38.5 Å². The van der Waals surface area contributed by atoms with Crippen LogP contribution in [0.15, 0.2) is 0 Å². The lowest BCUT2D eigenvalue weighted by Crippen LogP contribution is -2.18. The quantitative estimate of drug-likeness (QED) is 0.826. The lowest BCUT2D eigenvalue weighted by molar-refractivity contribution is 0.409. The first-order valence-electron chi connectivity index (χ1n) is 6.92. The van der Waals surface area contributed by atoms with Gasteiger partial charge in [0, 0.05) is 31.3 Å². The average molecular weight is 248 g/mol. The van der Waals surface area contributed by atoms with Crippen molar-refractivity contribution in [2.24, 2.45) is 0 Å². The molecule has 0 saturated heterocycles. The number of aromatic nitrogens is 2. The van der Waals surface area contributed by atoms with Crippen molar-refractivity contribution < 1.29 is 0 Å². The van der Waals surface area contributed by atoms with E-state index >= 15 is 0 Å². The Balaban J connectivity index is 2.25. The van der Waals surface area contributed by atoms with E-state index in [-0.39, 0.29) is 0 Å². The molecule has 1 heterocycles. The molecule has 1 aromatic rings. The SMILES string of the molecule is CNc1nc(CCN(C)C)nc2c1CCCCC2. The minimum absolute atomic E-state index is 0.926. The minimum atomic E-state index is 0.926. The van der Waals surface area contributed by atoms with Gasteiger partial charge in [0.25, 0.3) is 0 Å². The van der Waals surface area contributed by atoms with E-state index in [1.165, 1.54) is 30.5 Å². The zero-order chi connectivity index (χ0) is 13.0. The topological polar surface area (TPSA) is 41.1 Å². The Hall–Kier alpha value is -1.16. The third-order valence-electron chi connectivity index (χ3n) is 3.50. The second kappa shape index (κ2) is 6.14. The van der Waals surface area contributed by atoms with Crippen LogP contribution in [0, 0.1) is 0 Å². The van der Waals surface area contributed by atoms with Crippen LogP contribution in [0.5, 0.6) is 0 Å². The summed E-state index contributed by atoms with van der Waals surface area (Å²) in [6.45, 7) is 1.00. The third kappa shape index (κ3) is 3.19. The molecular formula is C14H24N4. The van der Waals surface area contributed by atoms with Crippen LogP contribution in [0.2, 0.25) is 0 Å². The zero-order valence-corrected chi connectivity index (χ0v) is 11.8. The molecule has 0 aromatic carbocycles. The summed E-state index contributed by atoms with van der Waals surface area (Å²) in [5.41, 5.74) is 2.63. The Morgan fingerprint density at radius 3 is 2.61 bits per heavy atom. The highest BCUT2D eigenvalue weighted by Crippen LogP contribution is 2.24. The number of hydrogen-bond acceptors (Lipinski definition) is 4. The Bertz CT molecular complexity index is 401. The van der Waals surface area contributed by atoms with E-state index in [1.54, 1.807) is 0 Å². The van der Waals surface area contributed by atoms with Gasteiger partial charge in [-0.25, -0.2) is 9.97 Å². The Morgan fingerprint density at radius 2 is 1.89 bits per heavy atom. The van der Waals surface area contributed by atoms with Gasteiger partial charge in [-0.05, 0) is 39.8 Å². The molecule has 100 valence electrons. The molecule has 4 heteroatoms. The van der Waals surface area contributed by atoms with Gasteiger partial charge in [-0.3, -0.25) is 0 Å². The zero-order valence-electron chi connectivity index (χ0n) is 11.8. The van der Waals surface area contributed by atoms with Gasteiger partial charge < -0.3 is 10.2 Å². The van der Waals surface area contributed by atoms with Crippen molar-refractivity contribution in [1.29, 1.82) is 0 Å². The van der Waals surface area contributed by atoms with Crippen LogP contribution < -0.4 is 5.32 Å². The molecule has 1 aromatic heterocycles. The van der Waals surface area contributed by atoms with Crippen molar-refractivity contribution in [2.75, 3.05) is 33.0 Å². The monoisotopic (exact) mass is 248 g/mol. The van der Waals surface area contributed by atoms with E-state index in [1.807, 2.05) is 7.05 Å². The standard InChI is InChI=1S/C14H24N4/c1-15-14-11-7-5-4-6-8-12(11)16-13(17-14)9-10-18(2)3/h4-10H2,1-3H3,(H,15,16,17). The molecular weight excluding hydrogens is 224 g/mol. The minimum Gasteiger partial charge on any atom is -0.373 e. The molecule has 1 N–H and O–H groups in total. The van der Waals surface area contributed by atoms with Gasteiger partial charge in [-0.15, -0.1) is 0 Å². The number of nitrogens with one attached hydrogen (secondary N) is 1. The maximum atomic E-state index is 4.78. The predicted octanol–water partition coefficient (Wildman–Crippen LogP) is 1.89. The number of fused-ring (bicyclic) bond motifs is 1. The largest absolute Gasteiger partial charge is 0.373 e. The highest BCUT2D eigenvalue weighted by atomic mass is 15.1. The fraction of sp³-hybridized carbons (Fsp3) is 0.714. The first-order chi connectivity index (χ1) is 8.70. The van der Waals surface area contributed by atoms with Gasteiger partial charge in [0.15, 0.2) is 0 Å². The van der Waals surface area contributed by atoms with Gasteiger partial charge in [-0.1, -0.05) is 6.42 Å². The van der Waals surface area contributed by atoms with Crippen LogP contribution in [0.1, 0.15) is 36.3 Å². The summed E-state index contributed by atoms with van der Waals surface area (Å²) in [6.07, 6.45) is 7.00. The molecule has 0 spiro atoms. The molecule has 2 rings (SSSR count). The summed E-state index contributed by atoms with van der Waals surface area (Å²) in [5, 5.41) is 3.25. The summed E-state index contributed by atoms with van der Waals surface area (Å²) >= 11 is 0. The fourth-order valence-corrected chi connectivity index (χ4v) is 2.46. The van der Waals surface area contributed by atoms with Gasteiger partial charge in [-0.2, -0.15) is 0 Å². The number of hydrogen-bond donors (Lipinski definition) is 1. The van der Waals surface area contributed by atoms with Crippen LogP contribution >= 0.6 is 0 Å². The molecule has 18 heavy (non-hydrogen) atoms. The van der Waals surface area contributed by atoms with Crippen molar-refractivity contribution in [3.05, 3.63) is 17.1 Å². The molecule has 1 aliphatic rings. The van der Waals surface area contributed by atoms with Gasteiger partial charge in [0.05, 0.1) is 0 Å². The lowest BCUT2D eigenvalue weighted by atomic mass is 10.1. The van der Waals surface area contributed by atoms with E-state index in [9.17, 15) is 0 Å². The second-order valence-corrected chi connectivity index (χ2v) is 5.28. The highest BCUT2D eigenvalue weighted by Gasteiger charge is 2.15. The summed E-state index contributed by atoms with van der Waals surface area (Å²) in [5.74, 6) is 2.03. The third-order valence-corrected chi connectivity index (χ3v) is 3.50. The van der Waals surface area contributed by atoms with Gasteiger partial charge in [0.2, 0.25) is 0 Å². The smallest absolute Gasteiger partial charge is 0.132 e. The van der Waals surface area contributed by atoms with E-state index in [2.05, 4.69) is 29.3 Å². The van der Waals surface area contributed by atoms with Crippen molar-refractivity contribution >= 4 is 5.82 Å². The van der Waals surface area contributed by atoms with Crippen molar-refractivity contribution in [1.82, 2.24) is 14.9 Å². The number of aryl methyl sites for hydroxylation is 1. The average Bonchev–Trinajstić information content (AvgIpc) is 2.60. The molecule has 0 saturated carbocycles. The van der Waals surface area contributed by atoms with E-state index in [0.29, 0.717) is 0 Å². The molecule has 0 amide bonds. The van der Waals surface area contributed by atoms with E-state index in [4.69, 9.17) is 4.98 Å². The molecule has 0 atom stereocenters. The number of nitrogens with zero attached hydrogens (tertiary/aromatic N) is 3. The van der Waals surface area contributed by atoms with E-state index in [0.717, 1.165) is 37.4 Å². The number of likely N-dealkylation sites (N-methyl/N-ethyl adjacent to an activating group) is 1. The molecule has 4 nitrogen and oxygen atoms in total. The molecule has 0 unspecified atom stereocenters. The Morgan fingerprint density at radius 1 is 1.11 bits per heavy atom. The lowest BCUT2D eigenvalue weighted by Gasteiger charge is -2.14. The number of anilines is 1. The highest BCUT2D eigenvalue weighted by molar-refractivity contribution is 5.46. The van der Waals surface area contributed by atoms with Crippen molar-refractivity contribution in [3.8, 4) is 0 Å². The number of rotatable bonds is 4. The Labute approximate surface area is 110 Å². The summed E-state index contributed by atoms with van der Waals surface area (Å²) in [7, 11) is 6.13. The first kappa shape index (κ1) is 13.3. The van der Waals surface area contributed by atoms with E-state index < -0.39 is 0 Å². The molecule has 0 aliphatic heterocycles. The van der Waals surface area contributed by atoms with Crippen LogP contribution in [0.3, 0.4) is 0 Å². The fourth-order valence-electron chi connectivity index (χ4n) is 2.46. The molecule has 0 fully saturated rings.